The topological polar surface area (TPSA) is 79.8 Å². The first-order valence-electron chi connectivity index (χ1n) is 5.54. The minimum Gasteiger partial charge on any atom is -0.358 e. The van der Waals surface area contributed by atoms with E-state index in [1.54, 1.807) is 6.07 Å². The summed E-state index contributed by atoms with van der Waals surface area (Å²) in [6.45, 7) is 0.679. The van der Waals surface area contributed by atoms with E-state index >= 15 is 0 Å². The van der Waals surface area contributed by atoms with Gasteiger partial charge < -0.3 is 10.6 Å². The van der Waals surface area contributed by atoms with Gasteiger partial charge in [0, 0.05) is 12.7 Å². The zero-order valence-corrected chi connectivity index (χ0v) is 10.1. The van der Waals surface area contributed by atoms with Crippen LogP contribution in [0.4, 0.5) is 5.82 Å². The summed E-state index contributed by atoms with van der Waals surface area (Å²) >= 11 is 5.91. The molecule has 0 radical (unpaired) electrons. The molecule has 3 heterocycles. The standard InChI is InChI=1S/C11H10ClN5O/c12-6-3-7-9(14-4-6)15-5-16-10(7)17-8-1-2-13-11(8)18/h3-5,8H,1-2H2,(H,13,18)(H,14,15,16,17)/t8-/m0/s1. The number of hydrogen-bond donors (Lipinski definition) is 2. The molecule has 0 unspecified atom stereocenters. The number of pyridine rings is 1. The van der Waals surface area contributed by atoms with Crippen LogP contribution in [0.5, 0.6) is 0 Å². The smallest absolute Gasteiger partial charge is 0.242 e. The summed E-state index contributed by atoms with van der Waals surface area (Å²) in [7, 11) is 0. The maximum Gasteiger partial charge on any atom is 0.242 e. The molecule has 1 fully saturated rings. The van der Waals surface area contributed by atoms with Crippen LogP contribution in [-0.2, 0) is 4.79 Å². The van der Waals surface area contributed by atoms with E-state index in [1.165, 1.54) is 12.5 Å². The first-order chi connectivity index (χ1) is 8.74. The number of nitrogens with zero attached hydrogens (tertiary/aromatic N) is 3. The summed E-state index contributed by atoms with van der Waals surface area (Å²) in [5.41, 5.74) is 0.551. The van der Waals surface area contributed by atoms with Crippen molar-refractivity contribution in [1.82, 2.24) is 20.3 Å². The van der Waals surface area contributed by atoms with E-state index in [-0.39, 0.29) is 11.9 Å². The van der Waals surface area contributed by atoms with Gasteiger partial charge in [-0.25, -0.2) is 15.0 Å². The molecule has 0 aliphatic carbocycles. The molecule has 18 heavy (non-hydrogen) atoms. The molecule has 2 aromatic rings. The average molecular weight is 264 g/mol. The third-order valence-corrected chi connectivity index (χ3v) is 3.02. The molecule has 1 amide bonds. The predicted octanol–water partition coefficient (Wildman–Crippen LogP) is 0.979. The number of fused-ring (bicyclic) bond motifs is 1. The normalized spacial score (nSPS) is 18.9. The Morgan fingerprint density at radius 3 is 3.06 bits per heavy atom. The zero-order chi connectivity index (χ0) is 12.5. The van der Waals surface area contributed by atoms with Crippen molar-refractivity contribution < 1.29 is 4.79 Å². The molecule has 2 aromatic heterocycles. The van der Waals surface area contributed by atoms with Gasteiger partial charge in [-0.2, -0.15) is 0 Å². The van der Waals surface area contributed by atoms with Crippen LogP contribution in [0.25, 0.3) is 11.0 Å². The number of halogens is 1. The van der Waals surface area contributed by atoms with Gasteiger partial charge >= 0.3 is 0 Å². The van der Waals surface area contributed by atoms with E-state index in [4.69, 9.17) is 11.6 Å². The minimum absolute atomic E-state index is 0.0169. The molecule has 0 aromatic carbocycles. The number of aromatic nitrogens is 3. The third kappa shape index (κ3) is 1.95. The van der Waals surface area contributed by atoms with Crippen LogP contribution in [0.2, 0.25) is 5.02 Å². The SMILES string of the molecule is O=C1NCC[C@@H]1Nc1ncnc2ncc(Cl)cc12. The molecule has 6 nitrogen and oxygen atoms in total. The van der Waals surface area contributed by atoms with E-state index in [1.807, 2.05) is 0 Å². The highest BCUT2D eigenvalue weighted by Gasteiger charge is 2.24. The zero-order valence-electron chi connectivity index (χ0n) is 9.35. The maximum atomic E-state index is 11.5. The summed E-state index contributed by atoms with van der Waals surface area (Å²) in [6.07, 6.45) is 3.68. The van der Waals surface area contributed by atoms with Gasteiger partial charge in [-0.15, -0.1) is 0 Å². The van der Waals surface area contributed by atoms with Gasteiger partial charge in [0.15, 0.2) is 5.65 Å². The van der Waals surface area contributed by atoms with Crippen molar-refractivity contribution >= 4 is 34.4 Å². The maximum absolute atomic E-state index is 11.5. The van der Waals surface area contributed by atoms with Crippen molar-refractivity contribution in [3.8, 4) is 0 Å². The Balaban J connectivity index is 2.00. The van der Waals surface area contributed by atoms with Gasteiger partial charge in [0.1, 0.15) is 18.2 Å². The van der Waals surface area contributed by atoms with Crippen molar-refractivity contribution in [3.05, 3.63) is 23.6 Å². The highest BCUT2D eigenvalue weighted by Crippen LogP contribution is 2.22. The fourth-order valence-corrected chi connectivity index (χ4v) is 2.09. The van der Waals surface area contributed by atoms with E-state index in [9.17, 15) is 4.79 Å². The Bertz CT molecular complexity index is 617. The number of nitrogens with one attached hydrogen (secondary N) is 2. The summed E-state index contributed by atoms with van der Waals surface area (Å²) in [5.74, 6) is 0.564. The van der Waals surface area contributed by atoms with Gasteiger partial charge in [-0.1, -0.05) is 11.6 Å². The quantitative estimate of drug-likeness (QED) is 0.844. The van der Waals surface area contributed by atoms with Crippen molar-refractivity contribution in [2.24, 2.45) is 0 Å². The van der Waals surface area contributed by atoms with E-state index in [0.29, 0.717) is 28.4 Å². The highest BCUT2D eigenvalue weighted by atomic mass is 35.5. The Kier molecular flexibility index (Phi) is 2.71. The molecular formula is C11H10ClN5O. The number of hydrogen-bond acceptors (Lipinski definition) is 5. The first-order valence-corrected chi connectivity index (χ1v) is 5.92. The van der Waals surface area contributed by atoms with Crippen LogP contribution in [0, 0.1) is 0 Å². The Labute approximate surface area is 108 Å². The lowest BCUT2D eigenvalue weighted by Crippen LogP contribution is -2.29. The van der Waals surface area contributed by atoms with Crippen LogP contribution in [0.3, 0.4) is 0 Å². The average Bonchev–Trinajstić information content (AvgIpc) is 2.76. The highest BCUT2D eigenvalue weighted by molar-refractivity contribution is 6.31. The van der Waals surface area contributed by atoms with Crippen LogP contribution in [0.1, 0.15) is 6.42 Å². The molecule has 7 heteroatoms. The van der Waals surface area contributed by atoms with Gasteiger partial charge in [0.05, 0.1) is 10.4 Å². The fraction of sp³-hybridized carbons (Fsp3) is 0.273. The lowest BCUT2D eigenvalue weighted by Gasteiger charge is -2.11. The van der Waals surface area contributed by atoms with Crippen molar-refractivity contribution in [1.29, 1.82) is 0 Å². The minimum atomic E-state index is -0.262. The number of carbonyl (C=O) groups excluding carboxylic acids is 1. The second-order valence-corrected chi connectivity index (χ2v) is 4.46. The monoisotopic (exact) mass is 263 g/mol. The summed E-state index contributed by atoms with van der Waals surface area (Å²) in [5, 5.41) is 7.08. The summed E-state index contributed by atoms with van der Waals surface area (Å²) < 4.78 is 0. The first kappa shape index (κ1) is 11.2. The molecule has 2 N–H and O–H groups in total. The number of rotatable bonds is 2. The van der Waals surface area contributed by atoms with Gasteiger partial charge in [0.25, 0.3) is 0 Å². The third-order valence-electron chi connectivity index (χ3n) is 2.81. The number of anilines is 1. The predicted molar refractivity (Wildman–Crippen MR) is 67.4 cm³/mol. The van der Waals surface area contributed by atoms with Crippen LogP contribution in [0.15, 0.2) is 18.6 Å². The largest absolute Gasteiger partial charge is 0.358 e. The molecule has 0 spiro atoms. The molecule has 1 aliphatic rings. The summed E-state index contributed by atoms with van der Waals surface area (Å²) in [6, 6.07) is 1.47. The lowest BCUT2D eigenvalue weighted by molar-refractivity contribution is -0.119. The van der Waals surface area contributed by atoms with E-state index < -0.39 is 0 Å². The summed E-state index contributed by atoms with van der Waals surface area (Å²) in [4.78, 5) is 23.8. The molecule has 3 rings (SSSR count). The molecule has 0 saturated carbocycles. The van der Waals surface area contributed by atoms with E-state index in [2.05, 4.69) is 25.6 Å². The molecule has 0 bridgehead atoms. The Hall–Kier alpha value is -1.95. The molecule has 1 saturated heterocycles. The van der Waals surface area contributed by atoms with Gasteiger partial charge in [0.2, 0.25) is 5.91 Å². The van der Waals surface area contributed by atoms with Crippen molar-refractivity contribution in [2.45, 2.75) is 12.5 Å². The Morgan fingerprint density at radius 2 is 2.28 bits per heavy atom. The van der Waals surface area contributed by atoms with Crippen LogP contribution in [-0.4, -0.2) is 33.4 Å². The van der Waals surface area contributed by atoms with Crippen LogP contribution >= 0.6 is 11.6 Å². The fourth-order valence-electron chi connectivity index (χ4n) is 1.93. The van der Waals surface area contributed by atoms with Gasteiger partial charge in [-0.3, -0.25) is 4.79 Å². The van der Waals surface area contributed by atoms with E-state index in [0.717, 1.165) is 6.42 Å². The van der Waals surface area contributed by atoms with Crippen LogP contribution < -0.4 is 10.6 Å². The second-order valence-electron chi connectivity index (χ2n) is 4.02. The number of amides is 1. The molecule has 1 atom stereocenters. The Morgan fingerprint density at radius 1 is 1.39 bits per heavy atom. The molecular weight excluding hydrogens is 254 g/mol. The molecule has 92 valence electrons. The lowest BCUT2D eigenvalue weighted by atomic mass is 10.2. The van der Waals surface area contributed by atoms with Crippen molar-refractivity contribution in [3.63, 3.8) is 0 Å². The van der Waals surface area contributed by atoms with Gasteiger partial charge in [-0.05, 0) is 12.5 Å². The molecule has 1 aliphatic heterocycles. The number of carbonyl (C=O) groups is 1. The van der Waals surface area contributed by atoms with Crippen molar-refractivity contribution in [2.75, 3.05) is 11.9 Å². The second kappa shape index (κ2) is 4.38.